The minimum absolute atomic E-state index is 0.575. The Kier molecular flexibility index (Phi) is 3.64. The van der Waals surface area contributed by atoms with E-state index in [0.717, 1.165) is 12.5 Å². The van der Waals surface area contributed by atoms with E-state index in [1.54, 1.807) is 0 Å². The van der Waals surface area contributed by atoms with E-state index in [9.17, 15) is 0 Å². The van der Waals surface area contributed by atoms with Crippen molar-refractivity contribution in [2.45, 2.75) is 6.04 Å². The Morgan fingerprint density at radius 2 is 1.94 bits per heavy atom. The van der Waals surface area contributed by atoms with Crippen molar-refractivity contribution in [3.8, 4) is 0 Å². The lowest BCUT2D eigenvalue weighted by Crippen LogP contribution is -2.53. The van der Waals surface area contributed by atoms with Crippen LogP contribution in [0.15, 0.2) is 30.3 Å². The smallest absolute Gasteiger partial charge is 0.0475 e. The van der Waals surface area contributed by atoms with Crippen molar-refractivity contribution in [2.75, 3.05) is 46.3 Å². The predicted molar refractivity (Wildman–Crippen MR) is 74.6 cm³/mol. The third-order valence-electron chi connectivity index (χ3n) is 4.24. The van der Waals surface area contributed by atoms with Gasteiger partial charge in [0, 0.05) is 45.3 Å². The number of piperazine rings is 1. The molecule has 2 saturated heterocycles. The molecule has 2 heterocycles. The Hall–Kier alpha value is -0.900. The highest BCUT2D eigenvalue weighted by Gasteiger charge is 2.29. The lowest BCUT2D eigenvalue weighted by molar-refractivity contribution is 0.0658. The van der Waals surface area contributed by atoms with Gasteiger partial charge in [-0.15, -0.1) is 0 Å². The number of hydrogen-bond acceptors (Lipinski definition) is 3. The van der Waals surface area contributed by atoms with Gasteiger partial charge in [-0.3, -0.25) is 4.90 Å². The number of rotatable bonds is 3. The number of hydrogen-bond donors (Lipinski definition) is 1. The predicted octanol–water partition coefficient (Wildman–Crippen LogP) is 1.19. The molecule has 0 saturated carbocycles. The van der Waals surface area contributed by atoms with Crippen LogP contribution < -0.4 is 5.32 Å². The van der Waals surface area contributed by atoms with E-state index >= 15 is 0 Å². The van der Waals surface area contributed by atoms with Gasteiger partial charge in [-0.05, 0) is 18.5 Å². The van der Waals surface area contributed by atoms with Gasteiger partial charge in [0.05, 0.1) is 0 Å². The average Bonchev–Trinajstić information content (AvgIpc) is 2.36. The van der Waals surface area contributed by atoms with Gasteiger partial charge in [0.2, 0.25) is 0 Å². The molecular weight excluding hydrogens is 222 g/mol. The highest BCUT2D eigenvalue weighted by Crippen LogP contribution is 2.26. The maximum Gasteiger partial charge on any atom is 0.0475 e. The van der Waals surface area contributed by atoms with Gasteiger partial charge in [-0.1, -0.05) is 30.3 Å². The van der Waals surface area contributed by atoms with Crippen molar-refractivity contribution in [1.82, 2.24) is 15.1 Å². The summed E-state index contributed by atoms with van der Waals surface area (Å²) >= 11 is 0. The van der Waals surface area contributed by atoms with Crippen molar-refractivity contribution >= 4 is 0 Å². The Balaban J connectivity index is 1.73. The largest absolute Gasteiger partial charge is 0.316 e. The second-order valence-electron chi connectivity index (χ2n) is 5.71. The molecule has 1 N–H and O–H groups in total. The third-order valence-corrected chi connectivity index (χ3v) is 4.24. The van der Waals surface area contributed by atoms with Crippen LogP contribution in [0.25, 0.3) is 0 Å². The molecule has 0 spiro atoms. The van der Waals surface area contributed by atoms with Gasteiger partial charge in [-0.25, -0.2) is 0 Å². The normalized spacial score (nSPS) is 27.1. The molecule has 0 bridgehead atoms. The molecule has 0 aliphatic carbocycles. The first kappa shape index (κ1) is 12.2. The first-order valence-electron chi connectivity index (χ1n) is 7.01. The van der Waals surface area contributed by atoms with Gasteiger partial charge in [0.15, 0.2) is 0 Å². The maximum atomic E-state index is 3.38. The lowest BCUT2D eigenvalue weighted by Gasteiger charge is -2.43. The van der Waals surface area contributed by atoms with Crippen LogP contribution in [0.4, 0.5) is 0 Å². The zero-order valence-corrected chi connectivity index (χ0v) is 11.2. The highest BCUT2D eigenvalue weighted by molar-refractivity contribution is 5.20. The summed E-state index contributed by atoms with van der Waals surface area (Å²) in [7, 11) is 2.23. The van der Waals surface area contributed by atoms with E-state index in [-0.39, 0.29) is 0 Å². The van der Waals surface area contributed by atoms with Gasteiger partial charge < -0.3 is 10.2 Å². The lowest BCUT2D eigenvalue weighted by atomic mass is 9.97. The van der Waals surface area contributed by atoms with Crippen LogP contribution in [0, 0.1) is 5.92 Å². The summed E-state index contributed by atoms with van der Waals surface area (Å²) in [6.45, 7) is 7.21. The molecule has 2 aliphatic heterocycles. The van der Waals surface area contributed by atoms with Crippen molar-refractivity contribution in [1.29, 1.82) is 0 Å². The number of nitrogens with zero attached hydrogens (tertiary/aromatic N) is 2. The first-order valence-corrected chi connectivity index (χ1v) is 7.01. The van der Waals surface area contributed by atoms with E-state index in [2.05, 4.69) is 52.5 Å². The van der Waals surface area contributed by atoms with Crippen molar-refractivity contribution in [3.63, 3.8) is 0 Å². The van der Waals surface area contributed by atoms with Crippen LogP contribution in [-0.2, 0) is 0 Å². The molecule has 1 unspecified atom stereocenters. The first-order chi connectivity index (χ1) is 8.83. The number of benzene rings is 1. The summed E-state index contributed by atoms with van der Waals surface area (Å²) < 4.78 is 0. The summed E-state index contributed by atoms with van der Waals surface area (Å²) in [6.07, 6.45) is 0. The van der Waals surface area contributed by atoms with Gasteiger partial charge in [-0.2, -0.15) is 0 Å². The molecule has 1 aromatic rings. The zero-order chi connectivity index (χ0) is 12.4. The van der Waals surface area contributed by atoms with Crippen LogP contribution in [0.2, 0.25) is 0 Å². The molecule has 1 aromatic carbocycles. The Labute approximate surface area is 110 Å². The fraction of sp³-hybridized carbons (Fsp3) is 0.600. The summed E-state index contributed by atoms with van der Waals surface area (Å²) in [4.78, 5) is 5.13. The minimum Gasteiger partial charge on any atom is -0.316 e. The van der Waals surface area contributed by atoms with Crippen molar-refractivity contribution in [2.24, 2.45) is 5.92 Å². The van der Waals surface area contributed by atoms with Crippen LogP contribution in [0.3, 0.4) is 0 Å². The molecule has 2 fully saturated rings. The van der Waals surface area contributed by atoms with Crippen molar-refractivity contribution in [3.05, 3.63) is 35.9 Å². The molecule has 2 aliphatic rings. The Morgan fingerprint density at radius 1 is 1.17 bits per heavy atom. The van der Waals surface area contributed by atoms with Crippen LogP contribution in [0.1, 0.15) is 11.6 Å². The molecule has 98 valence electrons. The van der Waals surface area contributed by atoms with E-state index in [4.69, 9.17) is 0 Å². The van der Waals surface area contributed by atoms with E-state index in [0.29, 0.717) is 6.04 Å². The molecule has 3 nitrogen and oxygen atoms in total. The zero-order valence-electron chi connectivity index (χ0n) is 11.2. The fourth-order valence-corrected chi connectivity index (χ4v) is 2.98. The summed E-state index contributed by atoms with van der Waals surface area (Å²) in [5.74, 6) is 0.861. The van der Waals surface area contributed by atoms with E-state index < -0.39 is 0 Å². The standard InChI is InChI=1S/C15H23N3/c1-17-7-8-18(11-13-9-16-10-13)15(12-17)14-5-3-2-4-6-14/h2-6,13,15-16H,7-12H2,1H3. The fourth-order valence-electron chi connectivity index (χ4n) is 2.98. The van der Waals surface area contributed by atoms with Crippen LogP contribution in [0.5, 0.6) is 0 Å². The summed E-state index contributed by atoms with van der Waals surface area (Å²) in [5.41, 5.74) is 1.47. The highest BCUT2D eigenvalue weighted by atomic mass is 15.3. The second kappa shape index (κ2) is 5.39. The Morgan fingerprint density at radius 3 is 2.61 bits per heavy atom. The molecule has 18 heavy (non-hydrogen) atoms. The monoisotopic (exact) mass is 245 g/mol. The van der Waals surface area contributed by atoms with Crippen LogP contribution >= 0.6 is 0 Å². The second-order valence-corrected chi connectivity index (χ2v) is 5.71. The molecular formula is C15H23N3. The maximum absolute atomic E-state index is 3.38. The molecule has 0 amide bonds. The Bertz CT molecular complexity index is 375. The summed E-state index contributed by atoms with van der Waals surface area (Å²) in [5, 5.41) is 3.38. The molecule has 3 heteroatoms. The van der Waals surface area contributed by atoms with Gasteiger partial charge in [0.1, 0.15) is 0 Å². The van der Waals surface area contributed by atoms with Crippen molar-refractivity contribution < 1.29 is 0 Å². The summed E-state index contributed by atoms with van der Waals surface area (Å²) in [6, 6.07) is 11.5. The molecule has 1 atom stereocenters. The minimum atomic E-state index is 0.575. The van der Waals surface area contributed by atoms with E-state index in [1.807, 2.05) is 0 Å². The van der Waals surface area contributed by atoms with Crippen LogP contribution in [-0.4, -0.2) is 56.1 Å². The number of likely N-dealkylation sites (N-methyl/N-ethyl adjacent to an activating group) is 1. The topological polar surface area (TPSA) is 18.5 Å². The van der Waals surface area contributed by atoms with E-state index in [1.165, 1.54) is 38.3 Å². The quantitative estimate of drug-likeness (QED) is 0.863. The number of nitrogens with one attached hydrogen (secondary N) is 1. The molecule has 0 aromatic heterocycles. The van der Waals surface area contributed by atoms with Gasteiger partial charge in [0.25, 0.3) is 0 Å². The molecule has 0 radical (unpaired) electrons. The molecule has 3 rings (SSSR count). The van der Waals surface area contributed by atoms with Gasteiger partial charge >= 0.3 is 0 Å². The average molecular weight is 245 g/mol. The SMILES string of the molecule is CN1CCN(CC2CNC2)C(c2ccccc2)C1. The third kappa shape index (κ3) is 2.58.